The Morgan fingerprint density at radius 3 is 2.57 bits per heavy atom. The highest BCUT2D eigenvalue weighted by Gasteiger charge is 2.17. The van der Waals surface area contributed by atoms with Gasteiger partial charge in [0, 0.05) is 18.7 Å². The molecule has 1 aliphatic heterocycles. The first-order valence-corrected chi connectivity index (χ1v) is 12.6. The summed E-state index contributed by atoms with van der Waals surface area (Å²) in [6.45, 7) is 6.37. The molecule has 0 aliphatic carbocycles. The molecular weight excluding hydrogens is 442 g/mol. The van der Waals surface area contributed by atoms with Gasteiger partial charge in [-0.25, -0.2) is 9.97 Å². The number of fused-ring (bicyclic) bond motifs is 1. The molecule has 184 valence electrons. The summed E-state index contributed by atoms with van der Waals surface area (Å²) in [4.78, 5) is 16.9. The van der Waals surface area contributed by atoms with Crippen molar-refractivity contribution in [1.82, 2.24) is 29.6 Å². The number of aromatic nitrogens is 5. The maximum Gasteiger partial charge on any atom is 0.226 e. The smallest absolute Gasteiger partial charge is 0.226 e. The second-order valence-electron chi connectivity index (χ2n) is 9.00. The maximum absolute atomic E-state index is 5.39. The molecule has 1 saturated heterocycles. The highest BCUT2D eigenvalue weighted by atomic mass is 16.5. The predicted octanol–water partition coefficient (Wildman–Crippen LogP) is 5.06. The van der Waals surface area contributed by atoms with Crippen LogP contribution in [0.1, 0.15) is 44.9 Å². The van der Waals surface area contributed by atoms with Crippen LogP contribution in [0.5, 0.6) is 5.75 Å². The van der Waals surface area contributed by atoms with Gasteiger partial charge in [0.25, 0.3) is 0 Å². The fourth-order valence-electron chi connectivity index (χ4n) is 4.55. The van der Waals surface area contributed by atoms with Crippen LogP contribution in [-0.2, 0) is 13.0 Å². The Bertz CT molecular complexity index is 1240. The third kappa shape index (κ3) is 5.45. The summed E-state index contributed by atoms with van der Waals surface area (Å²) >= 11 is 0. The normalized spacial score (nSPS) is 14.5. The molecule has 4 aromatic rings. The molecule has 35 heavy (non-hydrogen) atoms. The van der Waals surface area contributed by atoms with Crippen LogP contribution in [-0.4, -0.2) is 56.3 Å². The molecule has 0 spiro atoms. The summed E-state index contributed by atoms with van der Waals surface area (Å²) in [6.07, 6.45) is 6.69. The number of methoxy groups -OCH3 is 1. The lowest BCUT2D eigenvalue weighted by Crippen LogP contribution is -2.31. The Balaban J connectivity index is 1.43. The zero-order valence-electron chi connectivity index (χ0n) is 20.5. The minimum absolute atomic E-state index is 0.515. The van der Waals surface area contributed by atoms with Crippen molar-refractivity contribution in [3.63, 3.8) is 0 Å². The maximum atomic E-state index is 5.39. The van der Waals surface area contributed by atoms with Crippen molar-refractivity contribution in [2.45, 2.75) is 52.0 Å². The second kappa shape index (κ2) is 10.9. The topological polar surface area (TPSA) is 94.1 Å². The van der Waals surface area contributed by atoms with Crippen LogP contribution in [0.2, 0.25) is 0 Å². The number of nitrogens with zero attached hydrogens (tertiary/aromatic N) is 6. The van der Waals surface area contributed by atoms with E-state index in [2.05, 4.69) is 31.8 Å². The molecule has 1 N–H and O–H groups in total. The molecule has 5 rings (SSSR count). The third-order valence-electron chi connectivity index (χ3n) is 6.40. The number of benzene rings is 1. The molecular formula is C26H33N7O2. The molecule has 0 saturated carbocycles. The van der Waals surface area contributed by atoms with Crippen LogP contribution in [0.4, 0.5) is 11.6 Å². The van der Waals surface area contributed by atoms with E-state index in [4.69, 9.17) is 19.2 Å². The minimum atomic E-state index is 0.515. The van der Waals surface area contributed by atoms with E-state index in [0.29, 0.717) is 17.4 Å². The monoisotopic (exact) mass is 475 g/mol. The van der Waals surface area contributed by atoms with Gasteiger partial charge in [-0.1, -0.05) is 18.5 Å². The molecule has 4 heterocycles. The van der Waals surface area contributed by atoms with Crippen LogP contribution >= 0.6 is 0 Å². The molecule has 1 aromatic carbocycles. The van der Waals surface area contributed by atoms with Crippen LogP contribution in [0.25, 0.3) is 22.7 Å². The van der Waals surface area contributed by atoms with Crippen molar-refractivity contribution >= 4 is 22.8 Å². The van der Waals surface area contributed by atoms with Crippen LogP contribution in [0, 0.1) is 0 Å². The van der Waals surface area contributed by atoms with Gasteiger partial charge in [0.15, 0.2) is 5.65 Å². The first-order chi connectivity index (χ1) is 17.2. The number of pyridine rings is 1. The van der Waals surface area contributed by atoms with E-state index in [1.807, 2.05) is 36.4 Å². The second-order valence-corrected chi connectivity index (χ2v) is 9.00. The van der Waals surface area contributed by atoms with Gasteiger partial charge in [0.2, 0.25) is 17.7 Å². The van der Waals surface area contributed by atoms with Gasteiger partial charge in [-0.15, -0.1) is 0 Å². The van der Waals surface area contributed by atoms with E-state index in [1.165, 1.54) is 32.4 Å². The van der Waals surface area contributed by atoms with Gasteiger partial charge in [0.05, 0.1) is 7.11 Å². The lowest BCUT2D eigenvalue weighted by Gasteiger charge is -2.26. The lowest BCUT2D eigenvalue weighted by atomic mass is 10.1. The highest BCUT2D eigenvalue weighted by molar-refractivity contribution is 5.78. The number of nitrogens with one attached hydrogen (secondary N) is 1. The molecule has 0 bridgehead atoms. The summed E-state index contributed by atoms with van der Waals surface area (Å²) in [5.41, 5.74) is 3.29. The summed E-state index contributed by atoms with van der Waals surface area (Å²) < 4.78 is 12.8. The molecule has 1 fully saturated rings. The fourth-order valence-corrected chi connectivity index (χ4v) is 4.55. The van der Waals surface area contributed by atoms with E-state index in [1.54, 1.807) is 7.11 Å². The Labute approximate surface area is 205 Å². The minimum Gasteiger partial charge on any atom is -0.497 e. The summed E-state index contributed by atoms with van der Waals surface area (Å²) in [5.74, 6) is 2.75. The lowest BCUT2D eigenvalue weighted by molar-refractivity contribution is 0.223. The Kier molecular flexibility index (Phi) is 7.23. The van der Waals surface area contributed by atoms with Crippen LogP contribution < -0.4 is 10.1 Å². The molecule has 9 nitrogen and oxygen atoms in total. The Hall–Kier alpha value is -3.46. The third-order valence-corrected chi connectivity index (χ3v) is 6.40. The molecule has 9 heteroatoms. The number of ether oxygens (including phenoxy) is 1. The van der Waals surface area contributed by atoms with Crippen molar-refractivity contribution < 1.29 is 9.26 Å². The van der Waals surface area contributed by atoms with Crippen LogP contribution in [0.15, 0.2) is 40.9 Å². The average molecular weight is 476 g/mol. The largest absolute Gasteiger partial charge is 0.497 e. The van der Waals surface area contributed by atoms with Gasteiger partial charge in [-0.05, 0) is 81.7 Å². The van der Waals surface area contributed by atoms with E-state index in [-0.39, 0.29) is 0 Å². The van der Waals surface area contributed by atoms with Crippen molar-refractivity contribution in [2.24, 2.45) is 0 Å². The van der Waals surface area contributed by atoms with E-state index >= 15 is 0 Å². The first kappa shape index (κ1) is 23.3. The highest BCUT2D eigenvalue weighted by Crippen LogP contribution is 2.26. The number of anilines is 2. The molecule has 0 radical (unpaired) electrons. The summed E-state index contributed by atoms with van der Waals surface area (Å²) in [5, 5.41) is 7.62. The molecule has 1 aliphatic rings. The van der Waals surface area contributed by atoms with Gasteiger partial charge < -0.3 is 19.5 Å². The number of aryl methyl sites for hydroxylation is 2. The SMILES string of the molecule is CCCc1nc(-c2ccc3nc(Nc4ccc(OC)cc4)n(CCCN4CCCCC4)c3n2)no1. The van der Waals surface area contributed by atoms with Gasteiger partial charge in [0.1, 0.15) is 17.0 Å². The number of hydrogen-bond donors (Lipinski definition) is 1. The molecule has 3 aromatic heterocycles. The van der Waals surface area contributed by atoms with Crippen molar-refractivity contribution in [3.8, 4) is 17.3 Å². The number of rotatable bonds is 10. The summed E-state index contributed by atoms with van der Waals surface area (Å²) in [7, 11) is 1.67. The number of hydrogen-bond acceptors (Lipinski definition) is 8. The van der Waals surface area contributed by atoms with Gasteiger partial charge in [-0.2, -0.15) is 4.98 Å². The first-order valence-electron chi connectivity index (χ1n) is 12.6. The quantitative estimate of drug-likeness (QED) is 0.340. The van der Waals surface area contributed by atoms with Gasteiger partial charge >= 0.3 is 0 Å². The number of imidazole rings is 1. The Morgan fingerprint density at radius 2 is 1.80 bits per heavy atom. The zero-order valence-corrected chi connectivity index (χ0v) is 20.5. The van der Waals surface area contributed by atoms with Crippen molar-refractivity contribution in [3.05, 3.63) is 42.3 Å². The molecule has 0 unspecified atom stereocenters. The van der Waals surface area contributed by atoms with E-state index in [9.17, 15) is 0 Å². The van der Waals surface area contributed by atoms with E-state index in [0.717, 1.165) is 60.9 Å². The van der Waals surface area contributed by atoms with Crippen molar-refractivity contribution in [1.29, 1.82) is 0 Å². The van der Waals surface area contributed by atoms with E-state index < -0.39 is 0 Å². The molecule has 0 atom stereocenters. The molecule has 0 amide bonds. The standard InChI is InChI=1S/C26H33N7O2/c1-3-8-23-30-24(31-35-23)21-13-14-22-25(28-21)33(18-7-17-32-15-5-4-6-16-32)26(29-22)27-19-9-11-20(34-2)12-10-19/h9-14H,3-8,15-18H2,1-2H3,(H,27,29). The zero-order chi connectivity index (χ0) is 24.0. The fraction of sp³-hybridized carbons (Fsp3) is 0.462. The average Bonchev–Trinajstić information content (AvgIpc) is 3.50. The number of likely N-dealkylation sites (tertiary alicyclic amines) is 1. The van der Waals surface area contributed by atoms with Crippen molar-refractivity contribution in [2.75, 3.05) is 32.1 Å². The van der Waals surface area contributed by atoms with Gasteiger partial charge in [-0.3, -0.25) is 4.57 Å². The number of piperidine rings is 1. The van der Waals surface area contributed by atoms with Crippen LogP contribution in [0.3, 0.4) is 0 Å². The Morgan fingerprint density at radius 1 is 0.971 bits per heavy atom. The predicted molar refractivity (Wildman–Crippen MR) is 136 cm³/mol. The summed E-state index contributed by atoms with van der Waals surface area (Å²) in [6, 6.07) is 11.7.